The third-order valence-electron chi connectivity index (χ3n) is 12.6. The number of phenols is 1. The summed E-state index contributed by atoms with van der Waals surface area (Å²) in [6, 6.07) is 1.49. The normalized spacial score (nSPS) is 39.2. The van der Waals surface area contributed by atoms with E-state index in [1.54, 1.807) is 33.8 Å². The van der Waals surface area contributed by atoms with Crippen LogP contribution in [0.25, 0.3) is 6.08 Å². The monoisotopic (exact) mass is 704 g/mol. The number of benzene rings is 1. The molecule has 7 N–H and O–H groups in total. The third kappa shape index (κ3) is 5.69. The molecule has 0 spiro atoms. The number of Topliss-reactive ketones (excluding diaryl/α,β-unsaturated/α-hetero) is 2. The molecule has 1 aromatic rings. The fourth-order valence-corrected chi connectivity index (χ4v) is 9.69. The first-order valence-electron chi connectivity index (χ1n) is 17.2. The predicted octanol–water partition coefficient (Wildman–Crippen LogP) is 1.59. The Bertz CT molecular complexity index is 1580. The summed E-state index contributed by atoms with van der Waals surface area (Å²) in [7, 11) is 0. The van der Waals surface area contributed by atoms with Gasteiger partial charge in [-0.3, -0.25) is 14.4 Å². The number of carbonyl (C=O) groups excluding carboxylic acids is 3. The van der Waals surface area contributed by atoms with Crippen LogP contribution < -0.4 is 4.74 Å². The maximum Gasteiger partial charge on any atom is 0.303 e. The Hall–Kier alpha value is -2.91. The zero-order chi connectivity index (χ0) is 37.5. The van der Waals surface area contributed by atoms with Crippen LogP contribution in [0, 0.1) is 29.6 Å². The molecule has 278 valence electrons. The molecule has 3 fully saturated rings. The molecule has 13 heteroatoms. The van der Waals surface area contributed by atoms with Gasteiger partial charge < -0.3 is 50.0 Å². The highest BCUT2D eigenvalue weighted by molar-refractivity contribution is 5.96. The average molecular weight is 705 g/mol. The molecule has 50 heavy (non-hydrogen) atoms. The van der Waals surface area contributed by atoms with E-state index < -0.39 is 94.5 Å². The van der Waals surface area contributed by atoms with Gasteiger partial charge in [-0.2, -0.15) is 0 Å². The van der Waals surface area contributed by atoms with Gasteiger partial charge in [-0.1, -0.05) is 26.0 Å². The van der Waals surface area contributed by atoms with E-state index in [9.17, 15) is 50.1 Å². The quantitative estimate of drug-likeness (QED) is 0.182. The van der Waals surface area contributed by atoms with Gasteiger partial charge in [0.25, 0.3) is 0 Å². The number of ether oxygens (including phenoxy) is 3. The lowest BCUT2D eigenvalue weighted by Gasteiger charge is -2.60. The van der Waals surface area contributed by atoms with Crippen molar-refractivity contribution in [2.45, 2.75) is 135 Å². The molecular weight excluding hydrogens is 652 g/mol. The van der Waals surface area contributed by atoms with E-state index >= 15 is 0 Å². The lowest BCUT2D eigenvalue weighted by atomic mass is 9.42. The van der Waals surface area contributed by atoms with Gasteiger partial charge in [-0.05, 0) is 81.4 Å². The van der Waals surface area contributed by atoms with Crippen LogP contribution in [0.5, 0.6) is 11.5 Å². The summed E-state index contributed by atoms with van der Waals surface area (Å²) in [6.07, 6.45) is -5.19. The second kappa shape index (κ2) is 12.6. The Labute approximate surface area is 291 Å². The van der Waals surface area contributed by atoms with Gasteiger partial charge in [0.15, 0.2) is 17.3 Å². The van der Waals surface area contributed by atoms with Crippen LogP contribution in [-0.4, -0.2) is 108 Å². The second-order valence-corrected chi connectivity index (χ2v) is 16.3. The number of allylic oxidation sites excluding steroid dienone is 1. The summed E-state index contributed by atoms with van der Waals surface area (Å²) in [5, 5.41) is 75.6. The zero-order valence-electron chi connectivity index (χ0n) is 30.0. The number of fused-ring (bicyclic) bond motifs is 5. The van der Waals surface area contributed by atoms with Gasteiger partial charge in [-0.15, -0.1) is 0 Å². The molecule has 1 aromatic carbocycles. The van der Waals surface area contributed by atoms with Crippen LogP contribution in [0.15, 0.2) is 12.1 Å². The number of rotatable bonds is 9. The number of carbonyl (C=O) groups is 3. The Morgan fingerprint density at radius 1 is 1.04 bits per heavy atom. The number of aliphatic hydroxyl groups excluding tert-OH is 5. The first-order valence-corrected chi connectivity index (χ1v) is 17.2. The molecular formula is C37H52O13. The largest absolute Gasteiger partial charge is 0.504 e. The summed E-state index contributed by atoms with van der Waals surface area (Å²) >= 11 is 0. The van der Waals surface area contributed by atoms with Crippen LogP contribution in [-0.2, 0) is 29.3 Å². The zero-order valence-corrected chi connectivity index (χ0v) is 30.0. The fourth-order valence-electron chi connectivity index (χ4n) is 9.69. The Kier molecular flexibility index (Phi) is 9.69. The second-order valence-electron chi connectivity index (χ2n) is 16.3. The van der Waals surface area contributed by atoms with Crippen molar-refractivity contribution >= 4 is 23.6 Å². The highest BCUT2D eigenvalue weighted by atomic mass is 16.7. The molecule has 0 radical (unpaired) electrons. The molecule has 3 aliphatic carbocycles. The van der Waals surface area contributed by atoms with Crippen molar-refractivity contribution in [3.05, 3.63) is 28.8 Å². The highest BCUT2D eigenvalue weighted by Crippen LogP contribution is 2.71. The van der Waals surface area contributed by atoms with Crippen LogP contribution in [0.4, 0.5) is 0 Å². The molecule has 13 nitrogen and oxygen atoms in total. The van der Waals surface area contributed by atoms with E-state index in [1.165, 1.54) is 19.9 Å². The van der Waals surface area contributed by atoms with Crippen LogP contribution in [0.2, 0.25) is 0 Å². The Morgan fingerprint density at radius 2 is 1.68 bits per heavy atom. The van der Waals surface area contributed by atoms with Gasteiger partial charge in [0, 0.05) is 31.2 Å². The molecule has 12 atom stereocenters. The number of aromatic hydroxyl groups is 1. The third-order valence-corrected chi connectivity index (χ3v) is 12.6. The first kappa shape index (κ1) is 38.3. The first-order chi connectivity index (χ1) is 23.0. The lowest BCUT2D eigenvalue weighted by Crippen LogP contribution is -2.63. The molecule has 1 saturated heterocycles. The number of hydrogen-bond acceptors (Lipinski definition) is 13. The summed E-state index contributed by atoms with van der Waals surface area (Å²) in [5.41, 5.74) is -4.58. The molecule has 1 aliphatic heterocycles. The number of ketones is 2. The Morgan fingerprint density at radius 3 is 2.28 bits per heavy atom. The molecule has 0 aromatic heterocycles. The van der Waals surface area contributed by atoms with Crippen molar-refractivity contribution in [3.8, 4) is 11.5 Å². The molecule has 5 rings (SSSR count). The van der Waals surface area contributed by atoms with Crippen molar-refractivity contribution < 1.29 is 64.3 Å². The van der Waals surface area contributed by atoms with E-state index in [-0.39, 0.29) is 43.0 Å². The van der Waals surface area contributed by atoms with Crippen LogP contribution in [0.1, 0.15) is 90.8 Å². The van der Waals surface area contributed by atoms with Gasteiger partial charge in [0.2, 0.25) is 6.29 Å². The SMILES string of the molecule is CC(=O)OC(C)(C)CCC(=O)[C@](C)(O)[C@H]1[C@H](O)C[C@@]2(C)[C@@H]3C=Cc4c(cc(O[C@@H]5O[C@H](CO)[C@@H](O)[C@H](O)[C@H]5O)c(O)c4C)[C@]3(C)C(=O)C[C@]12C. The van der Waals surface area contributed by atoms with Crippen molar-refractivity contribution in [1.29, 1.82) is 0 Å². The highest BCUT2D eigenvalue weighted by Gasteiger charge is 2.73. The smallest absolute Gasteiger partial charge is 0.303 e. The maximum absolute atomic E-state index is 14.6. The summed E-state index contributed by atoms with van der Waals surface area (Å²) in [5.74, 6) is -3.22. The Balaban J connectivity index is 1.50. The molecule has 0 unspecified atom stereocenters. The fraction of sp³-hybridized carbons (Fsp3) is 0.703. The average Bonchev–Trinajstić information content (AvgIpc) is 3.22. The molecule has 4 aliphatic rings. The van der Waals surface area contributed by atoms with Crippen molar-refractivity contribution in [2.75, 3.05) is 6.61 Å². The van der Waals surface area contributed by atoms with Gasteiger partial charge >= 0.3 is 5.97 Å². The number of hydrogen-bond donors (Lipinski definition) is 7. The number of phenolic OH excluding ortho intramolecular Hbond substituents is 1. The van der Waals surface area contributed by atoms with Gasteiger partial charge in [-0.25, -0.2) is 0 Å². The van der Waals surface area contributed by atoms with E-state index in [2.05, 4.69) is 0 Å². The van der Waals surface area contributed by atoms with E-state index in [1.807, 2.05) is 19.9 Å². The lowest BCUT2D eigenvalue weighted by molar-refractivity contribution is -0.277. The maximum atomic E-state index is 14.6. The summed E-state index contributed by atoms with van der Waals surface area (Å²) in [4.78, 5) is 39.9. The van der Waals surface area contributed by atoms with E-state index in [0.29, 0.717) is 16.7 Å². The number of aliphatic hydroxyl groups is 6. The van der Waals surface area contributed by atoms with Crippen molar-refractivity contribution in [1.82, 2.24) is 0 Å². The molecule has 1 heterocycles. The molecule has 0 amide bonds. The van der Waals surface area contributed by atoms with Gasteiger partial charge in [0.1, 0.15) is 41.4 Å². The van der Waals surface area contributed by atoms with Crippen LogP contribution in [0.3, 0.4) is 0 Å². The minimum Gasteiger partial charge on any atom is -0.504 e. The predicted molar refractivity (Wildman–Crippen MR) is 178 cm³/mol. The topological polar surface area (TPSA) is 221 Å². The minimum atomic E-state index is -2.02. The van der Waals surface area contributed by atoms with E-state index in [4.69, 9.17) is 14.2 Å². The van der Waals surface area contributed by atoms with Crippen LogP contribution >= 0.6 is 0 Å². The van der Waals surface area contributed by atoms with Crippen molar-refractivity contribution in [2.24, 2.45) is 22.7 Å². The summed E-state index contributed by atoms with van der Waals surface area (Å²) in [6.45, 7) is 12.6. The minimum absolute atomic E-state index is 0.0866. The van der Waals surface area contributed by atoms with Crippen molar-refractivity contribution in [3.63, 3.8) is 0 Å². The molecule has 2 saturated carbocycles. The summed E-state index contributed by atoms with van der Waals surface area (Å²) < 4.78 is 16.7. The number of esters is 1. The van der Waals surface area contributed by atoms with Gasteiger partial charge in [0.05, 0.1) is 18.1 Å². The molecule has 0 bridgehead atoms. The van der Waals surface area contributed by atoms with E-state index in [0.717, 1.165) is 0 Å². The standard InChI is InChI=1S/C37H52O13/c1-17-19-9-10-24-34(5)14-21(40)31(37(8,47)25(41)11-12-33(3,4)50-18(2)39)35(34,6)15-26(42)36(24,7)20(19)13-22(27(17)43)48-32-30(46)29(45)28(44)23(16-38)49-32/h9-10,13,21,23-24,28-32,38,40,43-47H,11-12,14-16H2,1-8H3/t21-,23-,24+,28-,29+,30-,31+,32-,34+,35-,36+,37+/m1/s1.